The molecule has 7 nitrogen and oxygen atoms in total. The summed E-state index contributed by atoms with van der Waals surface area (Å²) in [4.78, 5) is 30.5. The number of rotatable bonds is 12. The summed E-state index contributed by atoms with van der Waals surface area (Å²) in [5.41, 5.74) is 3.85. The molecule has 0 saturated heterocycles. The molecule has 0 bridgehead atoms. The van der Waals surface area contributed by atoms with Gasteiger partial charge in [-0.2, -0.15) is 0 Å². The molecule has 47 heavy (non-hydrogen) atoms. The molecule has 5 rings (SSSR count). The van der Waals surface area contributed by atoms with Gasteiger partial charge in [0.25, 0.3) is 10.0 Å². The van der Waals surface area contributed by atoms with Gasteiger partial charge >= 0.3 is 0 Å². The highest BCUT2D eigenvalue weighted by Gasteiger charge is 2.35. The first kappa shape index (κ1) is 34.2. The molecule has 0 aromatic heterocycles. The highest BCUT2D eigenvalue weighted by molar-refractivity contribution is 7.92. The van der Waals surface area contributed by atoms with E-state index in [0.29, 0.717) is 5.02 Å². The largest absolute Gasteiger partial charge is 0.352 e. The van der Waals surface area contributed by atoms with E-state index in [1.54, 1.807) is 41.3 Å². The number of halogens is 1. The van der Waals surface area contributed by atoms with E-state index in [9.17, 15) is 18.0 Å². The molecule has 1 aliphatic carbocycles. The van der Waals surface area contributed by atoms with Crippen molar-refractivity contribution in [3.8, 4) is 0 Å². The lowest BCUT2D eigenvalue weighted by Gasteiger charge is -2.35. The Hall–Kier alpha value is -4.14. The van der Waals surface area contributed by atoms with Crippen molar-refractivity contribution >= 4 is 39.1 Å². The van der Waals surface area contributed by atoms with Crippen LogP contribution in [-0.4, -0.2) is 43.8 Å². The van der Waals surface area contributed by atoms with E-state index in [1.807, 2.05) is 68.4 Å². The maximum atomic E-state index is 14.7. The lowest BCUT2D eigenvalue weighted by molar-refractivity contribution is -0.140. The number of aryl methyl sites for hydroxylation is 2. The molecule has 1 atom stereocenters. The molecule has 1 saturated carbocycles. The van der Waals surface area contributed by atoms with Crippen LogP contribution in [0, 0.1) is 13.8 Å². The number of carbonyl (C=O) groups is 2. The Balaban J connectivity index is 1.56. The predicted molar refractivity (Wildman–Crippen MR) is 188 cm³/mol. The number of sulfonamides is 1. The smallest absolute Gasteiger partial charge is 0.264 e. The van der Waals surface area contributed by atoms with E-state index in [0.717, 1.165) is 58.7 Å². The van der Waals surface area contributed by atoms with Gasteiger partial charge in [-0.1, -0.05) is 115 Å². The Kier molecular flexibility index (Phi) is 11.4. The molecule has 0 radical (unpaired) electrons. The van der Waals surface area contributed by atoms with Gasteiger partial charge in [0, 0.05) is 24.0 Å². The molecule has 246 valence electrons. The molecule has 0 heterocycles. The maximum Gasteiger partial charge on any atom is 0.264 e. The number of amides is 2. The van der Waals surface area contributed by atoms with Crippen LogP contribution in [-0.2, 0) is 32.6 Å². The minimum atomic E-state index is -4.19. The first-order valence-electron chi connectivity index (χ1n) is 16.1. The zero-order valence-electron chi connectivity index (χ0n) is 26.9. The Bertz CT molecular complexity index is 1760. The molecule has 0 spiro atoms. The molecule has 4 aromatic carbocycles. The van der Waals surface area contributed by atoms with Gasteiger partial charge in [-0.15, -0.1) is 0 Å². The quantitative estimate of drug-likeness (QED) is 0.172. The molecular weight excluding hydrogens is 630 g/mol. The highest BCUT2D eigenvalue weighted by Crippen LogP contribution is 2.29. The fourth-order valence-corrected chi connectivity index (χ4v) is 7.58. The summed E-state index contributed by atoms with van der Waals surface area (Å²) in [6.07, 6.45) is 5.31. The minimum Gasteiger partial charge on any atom is -0.352 e. The number of hydrogen-bond donors (Lipinski definition) is 1. The van der Waals surface area contributed by atoms with Gasteiger partial charge in [-0.3, -0.25) is 13.9 Å². The molecule has 2 amide bonds. The number of nitrogens with zero attached hydrogens (tertiary/aromatic N) is 2. The standard InChI is InChI=1S/C38H42ClN3O4S/c1-28-18-21-31(22-19-28)26-41(36(24-30-12-6-3-7-13-30)38(44)40-32-14-8-4-9-15-32)37(43)27-42(33-23-20-29(2)35(39)25-33)47(45,46)34-16-10-5-11-17-34/h3,5-7,10-13,16-23,25,32,36H,4,8-9,14-15,24,26-27H2,1-2H3,(H,40,44). The van der Waals surface area contributed by atoms with E-state index in [-0.39, 0.29) is 35.5 Å². The van der Waals surface area contributed by atoms with Crippen molar-refractivity contribution in [3.63, 3.8) is 0 Å². The average molecular weight is 672 g/mol. The van der Waals surface area contributed by atoms with Gasteiger partial charge in [-0.25, -0.2) is 8.42 Å². The van der Waals surface area contributed by atoms with Gasteiger partial charge < -0.3 is 10.2 Å². The second-order valence-corrected chi connectivity index (χ2v) is 14.6. The molecule has 0 aliphatic heterocycles. The second kappa shape index (κ2) is 15.6. The van der Waals surface area contributed by atoms with Gasteiger partial charge in [0.05, 0.1) is 10.6 Å². The van der Waals surface area contributed by atoms with Crippen molar-refractivity contribution in [1.29, 1.82) is 0 Å². The fourth-order valence-electron chi connectivity index (χ4n) is 5.97. The second-order valence-electron chi connectivity index (χ2n) is 12.3. The van der Waals surface area contributed by atoms with Crippen LogP contribution < -0.4 is 9.62 Å². The van der Waals surface area contributed by atoms with Crippen LogP contribution in [0.15, 0.2) is 108 Å². The Labute approximate surface area is 283 Å². The van der Waals surface area contributed by atoms with Crippen LogP contribution in [0.2, 0.25) is 5.02 Å². The monoisotopic (exact) mass is 671 g/mol. The number of carbonyl (C=O) groups excluding carboxylic acids is 2. The first-order chi connectivity index (χ1) is 22.6. The summed E-state index contributed by atoms with van der Waals surface area (Å²) in [5.74, 6) is -0.737. The van der Waals surface area contributed by atoms with Crippen LogP contribution in [0.25, 0.3) is 0 Å². The molecule has 4 aromatic rings. The number of nitrogens with one attached hydrogen (secondary N) is 1. The van der Waals surface area contributed by atoms with Crippen LogP contribution in [0.3, 0.4) is 0 Å². The summed E-state index contributed by atoms with van der Waals surface area (Å²) in [6, 6.07) is 29.5. The van der Waals surface area contributed by atoms with Crippen LogP contribution in [0.1, 0.15) is 54.4 Å². The van der Waals surface area contributed by atoms with E-state index in [2.05, 4.69) is 5.32 Å². The van der Waals surface area contributed by atoms with Crippen molar-refractivity contribution in [2.24, 2.45) is 0 Å². The zero-order chi connectivity index (χ0) is 33.4. The summed E-state index contributed by atoms with van der Waals surface area (Å²) >= 11 is 6.48. The number of benzene rings is 4. The number of anilines is 1. The van der Waals surface area contributed by atoms with Crippen molar-refractivity contribution in [3.05, 3.63) is 130 Å². The highest BCUT2D eigenvalue weighted by atomic mass is 35.5. The number of hydrogen-bond acceptors (Lipinski definition) is 4. The third-order valence-electron chi connectivity index (χ3n) is 8.75. The normalized spacial score (nSPS) is 14.3. The van der Waals surface area contributed by atoms with Gasteiger partial charge in [-0.05, 0) is 67.6 Å². The molecule has 1 N–H and O–H groups in total. The zero-order valence-corrected chi connectivity index (χ0v) is 28.5. The van der Waals surface area contributed by atoms with Crippen molar-refractivity contribution in [1.82, 2.24) is 10.2 Å². The van der Waals surface area contributed by atoms with Crippen LogP contribution in [0.5, 0.6) is 0 Å². The van der Waals surface area contributed by atoms with Crippen molar-refractivity contribution in [2.45, 2.75) is 75.9 Å². The van der Waals surface area contributed by atoms with Gasteiger partial charge in [0.1, 0.15) is 12.6 Å². The summed E-state index contributed by atoms with van der Waals surface area (Å²) in [5, 5.41) is 3.63. The van der Waals surface area contributed by atoms with E-state index < -0.39 is 28.5 Å². The predicted octanol–water partition coefficient (Wildman–Crippen LogP) is 7.24. The van der Waals surface area contributed by atoms with Gasteiger partial charge in [0.2, 0.25) is 11.8 Å². The van der Waals surface area contributed by atoms with E-state index in [4.69, 9.17) is 11.6 Å². The van der Waals surface area contributed by atoms with Crippen LogP contribution in [0.4, 0.5) is 5.69 Å². The first-order valence-corrected chi connectivity index (χ1v) is 18.0. The summed E-state index contributed by atoms with van der Waals surface area (Å²) in [6.45, 7) is 3.42. The summed E-state index contributed by atoms with van der Waals surface area (Å²) < 4.78 is 29.4. The molecular formula is C38H42ClN3O4S. The Morgan fingerprint density at radius 1 is 0.830 bits per heavy atom. The van der Waals surface area contributed by atoms with Gasteiger partial charge in [0.15, 0.2) is 0 Å². The van der Waals surface area contributed by atoms with Crippen molar-refractivity contribution < 1.29 is 18.0 Å². The average Bonchev–Trinajstić information content (AvgIpc) is 3.08. The Morgan fingerprint density at radius 3 is 2.11 bits per heavy atom. The van der Waals surface area contributed by atoms with E-state index >= 15 is 0 Å². The fraction of sp³-hybridized carbons (Fsp3) is 0.316. The maximum absolute atomic E-state index is 14.7. The topological polar surface area (TPSA) is 86.8 Å². The molecule has 1 unspecified atom stereocenters. The lowest BCUT2D eigenvalue weighted by atomic mass is 9.94. The molecule has 1 aliphatic rings. The molecule has 9 heteroatoms. The van der Waals surface area contributed by atoms with E-state index in [1.165, 1.54) is 12.1 Å². The molecule has 1 fully saturated rings. The Morgan fingerprint density at radius 2 is 1.47 bits per heavy atom. The minimum absolute atomic E-state index is 0.0375. The third kappa shape index (κ3) is 8.82. The summed E-state index contributed by atoms with van der Waals surface area (Å²) in [7, 11) is -4.19. The third-order valence-corrected chi connectivity index (χ3v) is 10.9. The lowest BCUT2D eigenvalue weighted by Crippen LogP contribution is -2.55. The van der Waals surface area contributed by atoms with Crippen molar-refractivity contribution in [2.75, 3.05) is 10.8 Å². The SMILES string of the molecule is Cc1ccc(CN(C(=O)CN(c2ccc(C)c(Cl)c2)S(=O)(=O)c2ccccc2)C(Cc2ccccc2)C(=O)NC2CCCCC2)cc1. The van der Waals surface area contributed by atoms with Crippen LogP contribution >= 0.6 is 11.6 Å².